The zero-order valence-electron chi connectivity index (χ0n) is 12.5. The van der Waals surface area contributed by atoms with Crippen molar-refractivity contribution in [3.05, 3.63) is 39.4 Å². The van der Waals surface area contributed by atoms with Gasteiger partial charge < -0.3 is 9.84 Å². The number of aliphatic hydroxyl groups is 1. The van der Waals surface area contributed by atoms with E-state index in [0.717, 1.165) is 33.0 Å². The normalized spacial score (nSPS) is 12.8. The molecule has 1 aromatic carbocycles. The van der Waals surface area contributed by atoms with Crippen LogP contribution >= 0.6 is 11.5 Å². The van der Waals surface area contributed by atoms with E-state index in [1.54, 1.807) is 7.11 Å². The molecule has 0 amide bonds. The van der Waals surface area contributed by atoms with Gasteiger partial charge in [-0.2, -0.15) is 0 Å². The summed E-state index contributed by atoms with van der Waals surface area (Å²) in [5, 5.41) is 14.8. The maximum Gasteiger partial charge on any atom is 0.122 e. The van der Waals surface area contributed by atoms with Gasteiger partial charge in [0.2, 0.25) is 0 Å². The zero-order chi connectivity index (χ0) is 14.9. The fourth-order valence-corrected chi connectivity index (χ4v) is 3.08. The van der Waals surface area contributed by atoms with E-state index in [1.807, 2.05) is 26.0 Å². The number of aryl methyl sites for hydroxylation is 2. The number of hydrogen-bond donors (Lipinski definition) is 1. The van der Waals surface area contributed by atoms with Gasteiger partial charge in [0.1, 0.15) is 11.9 Å². The van der Waals surface area contributed by atoms with Gasteiger partial charge in [0.05, 0.1) is 17.7 Å². The lowest BCUT2D eigenvalue weighted by Gasteiger charge is -2.16. The first-order chi connectivity index (χ1) is 9.45. The van der Waals surface area contributed by atoms with Crippen LogP contribution in [0.25, 0.3) is 0 Å². The Kier molecular flexibility index (Phi) is 4.40. The quantitative estimate of drug-likeness (QED) is 0.938. The molecule has 2 aromatic rings. The Morgan fingerprint density at radius 3 is 2.50 bits per heavy atom. The highest BCUT2D eigenvalue weighted by atomic mass is 32.1. The maximum atomic E-state index is 10.7. The molecule has 1 unspecified atom stereocenters. The van der Waals surface area contributed by atoms with Gasteiger partial charge in [-0.25, -0.2) is 0 Å². The summed E-state index contributed by atoms with van der Waals surface area (Å²) in [6.07, 6.45) is -0.683. The topological polar surface area (TPSA) is 55.2 Å². The van der Waals surface area contributed by atoms with Crippen molar-refractivity contribution in [3.8, 4) is 5.75 Å². The lowest BCUT2D eigenvalue weighted by molar-refractivity contribution is 0.221. The van der Waals surface area contributed by atoms with Gasteiger partial charge in [-0.15, -0.1) is 5.10 Å². The minimum Gasteiger partial charge on any atom is -0.496 e. The molecule has 0 aliphatic rings. The lowest BCUT2D eigenvalue weighted by atomic mass is 9.96. The highest BCUT2D eigenvalue weighted by molar-refractivity contribution is 7.05. The molecule has 0 saturated heterocycles. The molecule has 0 spiro atoms. The fraction of sp³-hybridized carbons (Fsp3) is 0.467. The molecular weight excluding hydrogens is 272 g/mol. The smallest absolute Gasteiger partial charge is 0.122 e. The summed E-state index contributed by atoms with van der Waals surface area (Å²) in [5.74, 6) is 1.09. The molecule has 0 aliphatic carbocycles. The van der Waals surface area contributed by atoms with Gasteiger partial charge in [-0.05, 0) is 60.1 Å². The van der Waals surface area contributed by atoms with Gasteiger partial charge in [-0.1, -0.05) is 18.3 Å². The molecule has 1 heterocycles. The van der Waals surface area contributed by atoms with Crippen molar-refractivity contribution in [2.75, 3.05) is 7.11 Å². The van der Waals surface area contributed by atoms with Crippen molar-refractivity contribution in [1.29, 1.82) is 0 Å². The predicted octanol–water partition coefficient (Wildman–Crippen LogP) is 3.37. The van der Waals surface area contributed by atoms with Crippen molar-refractivity contribution in [2.45, 2.75) is 39.7 Å². The zero-order valence-corrected chi connectivity index (χ0v) is 13.3. The molecule has 0 aliphatic heterocycles. The standard InChI is InChI=1S/C15H20N2O2S/c1-8(2)13-15(20-17-16-13)14(18)11-6-10(4)12(19-5)7-9(11)3/h6-8,14,18H,1-5H3. The Hall–Kier alpha value is -1.46. The number of nitrogens with zero attached hydrogens (tertiary/aromatic N) is 2. The summed E-state index contributed by atoms with van der Waals surface area (Å²) < 4.78 is 9.29. The number of aromatic nitrogens is 2. The highest BCUT2D eigenvalue weighted by Crippen LogP contribution is 2.34. The number of methoxy groups -OCH3 is 1. The Morgan fingerprint density at radius 1 is 1.20 bits per heavy atom. The van der Waals surface area contributed by atoms with Crippen molar-refractivity contribution in [3.63, 3.8) is 0 Å². The van der Waals surface area contributed by atoms with Crippen LogP contribution in [-0.4, -0.2) is 21.8 Å². The van der Waals surface area contributed by atoms with E-state index in [9.17, 15) is 5.11 Å². The molecule has 4 nitrogen and oxygen atoms in total. The van der Waals surface area contributed by atoms with E-state index in [0.29, 0.717) is 0 Å². The third-order valence-electron chi connectivity index (χ3n) is 3.41. The monoisotopic (exact) mass is 292 g/mol. The van der Waals surface area contributed by atoms with Gasteiger partial charge in [-0.3, -0.25) is 0 Å². The molecular formula is C15H20N2O2S. The van der Waals surface area contributed by atoms with Crippen LogP contribution in [-0.2, 0) is 0 Å². The van der Waals surface area contributed by atoms with Crippen LogP contribution in [0.5, 0.6) is 5.75 Å². The largest absolute Gasteiger partial charge is 0.496 e. The first-order valence-corrected chi connectivity index (χ1v) is 7.38. The second kappa shape index (κ2) is 5.89. The van der Waals surface area contributed by atoms with Gasteiger partial charge in [0.15, 0.2) is 0 Å². The van der Waals surface area contributed by atoms with Crippen LogP contribution in [0.4, 0.5) is 0 Å². The molecule has 108 valence electrons. The SMILES string of the molecule is COc1cc(C)c(C(O)c2snnc2C(C)C)cc1C. The minimum atomic E-state index is -0.683. The second-order valence-corrected chi connectivity index (χ2v) is 6.04. The fourth-order valence-electron chi connectivity index (χ4n) is 2.26. The molecule has 1 atom stereocenters. The first-order valence-electron chi connectivity index (χ1n) is 6.61. The van der Waals surface area contributed by atoms with Crippen molar-refractivity contribution < 1.29 is 9.84 Å². The van der Waals surface area contributed by atoms with Crippen molar-refractivity contribution in [2.24, 2.45) is 0 Å². The molecule has 0 bridgehead atoms. The molecule has 5 heteroatoms. The van der Waals surface area contributed by atoms with Crippen LogP contribution in [0.1, 0.15) is 53.1 Å². The summed E-state index contributed by atoms with van der Waals surface area (Å²) in [6, 6.07) is 3.93. The molecule has 0 fully saturated rings. The summed E-state index contributed by atoms with van der Waals surface area (Å²) in [6.45, 7) is 8.06. The van der Waals surface area contributed by atoms with E-state index in [1.165, 1.54) is 11.5 Å². The molecule has 1 aromatic heterocycles. The van der Waals surface area contributed by atoms with Gasteiger partial charge in [0.25, 0.3) is 0 Å². The Balaban J connectivity index is 2.45. The van der Waals surface area contributed by atoms with Crippen LogP contribution < -0.4 is 4.74 Å². The van der Waals surface area contributed by atoms with Gasteiger partial charge >= 0.3 is 0 Å². The third kappa shape index (κ3) is 2.69. The molecule has 0 saturated carbocycles. The second-order valence-electron chi connectivity index (χ2n) is 5.26. The third-order valence-corrected chi connectivity index (χ3v) is 4.21. The summed E-state index contributed by atoms with van der Waals surface area (Å²) in [7, 11) is 1.65. The Morgan fingerprint density at radius 2 is 1.90 bits per heavy atom. The van der Waals surface area contributed by atoms with E-state index >= 15 is 0 Å². The lowest BCUT2D eigenvalue weighted by Crippen LogP contribution is -2.05. The highest BCUT2D eigenvalue weighted by Gasteiger charge is 2.22. The average Bonchev–Trinajstić information content (AvgIpc) is 2.89. The Bertz CT molecular complexity index is 608. The number of hydrogen-bond acceptors (Lipinski definition) is 5. The number of ether oxygens (including phenoxy) is 1. The van der Waals surface area contributed by atoms with Crippen LogP contribution in [0, 0.1) is 13.8 Å². The Labute approximate surface area is 123 Å². The summed E-state index contributed by atoms with van der Waals surface area (Å²) in [4.78, 5) is 0.827. The number of rotatable bonds is 4. The molecule has 20 heavy (non-hydrogen) atoms. The van der Waals surface area contributed by atoms with Gasteiger partial charge in [0, 0.05) is 0 Å². The van der Waals surface area contributed by atoms with E-state index in [-0.39, 0.29) is 5.92 Å². The molecule has 1 N–H and O–H groups in total. The number of aliphatic hydroxyl groups excluding tert-OH is 1. The first kappa shape index (κ1) is 14.9. The van der Waals surface area contributed by atoms with Crippen LogP contribution in [0.2, 0.25) is 0 Å². The van der Waals surface area contributed by atoms with Crippen molar-refractivity contribution >= 4 is 11.5 Å². The molecule has 2 rings (SSSR count). The van der Waals surface area contributed by atoms with E-state index in [4.69, 9.17) is 4.74 Å². The average molecular weight is 292 g/mol. The summed E-state index contributed by atoms with van der Waals surface area (Å²) in [5.41, 5.74) is 3.77. The maximum absolute atomic E-state index is 10.7. The molecule has 0 radical (unpaired) electrons. The van der Waals surface area contributed by atoms with Crippen molar-refractivity contribution in [1.82, 2.24) is 9.59 Å². The van der Waals surface area contributed by atoms with Crippen LogP contribution in [0.3, 0.4) is 0 Å². The van der Waals surface area contributed by atoms with Crippen LogP contribution in [0.15, 0.2) is 12.1 Å². The number of benzene rings is 1. The van der Waals surface area contributed by atoms with E-state index < -0.39 is 6.10 Å². The predicted molar refractivity (Wildman–Crippen MR) is 80.5 cm³/mol. The summed E-state index contributed by atoms with van der Waals surface area (Å²) >= 11 is 1.26. The van der Waals surface area contributed by atoms with E-state index in [2.05, 4.69) is 23.4 Å². The minimum absolute atomic E-state index is 0.248.